The van der Waals surface area contributed by atoms with Gasteiger partial charge in [0, 0.05) is 12.6 Å². The molecular weight excluding hydrogens is 367 g/mol. The van der Waals surface area contributed by atoms with Gasteiger partial charge in [-0.25, -0.2) is 9.37 Å². The van der Waals surface area contributed by atoms with Crippen LogP contribution in [0.15, 0.2) is 54.9 Å². The molecule has 4 aromatic rings. The second kappa shape index (κ2) is 7.87. The molecule has 0 aliphatic heterocycles. The molecule has 2 aromatic carbocycles. The lowest BCUT2D eigenvalue weighted by Gasteiger charge is -2.12. The minimum Gasteiger partial charge on any atom is -0.364 e. The van der Waals surface area contributed by atoms with E-state index in [1.54, 1.807) is 24.5 Å². The molecule has 6 nitrogen and oxygen atoms in total. The van der Waals surface area contributed by atoms with Crippen LogP contribution < -0.4 is 10.6 Å². The Bertz CT molecular complexity index is 1130. The highest BCUT2D eigenvalue weighted by molar-refractivity contribution is 5.84. The first-order valence-corrected chi connectivity index (χ1v) is 9.57. The molecule has 0 saturated carbocycles. The summed E-state index contributed by atoms with van der Waals surface area (Å²) >= 11 is 0. The Morgan fingerprint density at radius 3 is 2.52 bits per heavy atom. The van der Waals surface area contributed by atoms with Gasteiger partial charge in [-0.3, -0.25) is 0 Å². The zero-order valence-corrected chi connectivity index (χ0v) is 16.6. The number of benzene rings is 2. The van der Waals surface area contributed by atoms with Gasteiger partial charge in [0.15, 0.2) is 17.0 Å². The van der Waals surface area contributed by atoms with Gasteiger partial charge >= 0.3 is 0 Å². The van der Waals surface area contributed by atoms with Crippen molar-refractivity contribution in [2.75, 3.05) is 10.6 Å². The summed E-state index contributed by atoms with van der Waals surface area (Å²) in [5, 5.41) is 6.34. The molecule has 2 N–H and O–H groups in total. The van der Waals surface area contributed by atoms with Crippen molar-refractivity contribution in [1.29, 1.82) is 0 Å². The number of fused-ring (bicyclic) bond motifs is 1. The molecule has 4 rings (SSSR count). The Morgan fingerprint density at radius 1 is 1.03 bits per heavy atom. The molecule has 29 heavy (non-hydrogen) atoms. The van der Waals surface area contributed by atoms with Gasteiger partial charge in [-0.15, -0.1) is 0 Å². The molecule has 7 heteroatoms. The molecule has 2 heterocycles. The summed E-state index contributed by atoms with van der Waals surface area (Å²) in [6, 6.07) is 14.9. The van der Waals surface area contributed by atoms with E-state index in [1.165, 1.54) is 11.6 Å². The molecule has 0 saturated heterocycles. The van der Waals surface area contributed by atoms with Crippen LogP contribution in [0.2, 0.25) is 0 Å². The maximum absolute atomic E-state index is 14.1. The zero-order chi connectivity index (χ0) is 20.4. The van der Waals surface area contributed by atoms with Crippen molar-refractivity contribution in [2.24, 2.45) is 0 Å². The number of rotatable bonds is 6. The third-order valence-corrected chi connectivity index (χ3v) is 4.68. The molecule has 0 amide bonds. The first-order valence-electron chi connectivity index (χ1n) is 9.57. The summed E-state index contributed by atoms with van der Waals surface area (Å²) in [6.07, 6.45) is 1.76. The van der Waals surface area contributed by atoms with Crippen LogP contribution in [0.4, 0.5) is 21.8 Å². The summed E-state index contributed by atoms with van der Waals surface area (Å²) in [5.41, 5.74) is 4.05. The monoisotopic (exact) mass is 390 g/mol. The molecular formula is C22H23FN6. The lowest BCUT2D eigenvalue weighted by atomic mass is 10.1. The number of aromatic nitrogens is 4. The lowest BCUT2D eigenvalue weighted by molar-refractivity contribution is 0.612. The van der Waals surface area contributed by atoms with Crippen LogP contribution in [0.1, 0.15) is 31.0 Å². The van der Waals surface area contributed by atoms with Crippen LogP contribution in [0, 0.1) is 12.7 Å². The lowest BCUT2D eigenvalue weighted by Crippen LogP contribution is -2.08. The predicted molar refractivity (Wildman–Crippen MR) is 114 cm³/mol. The van der Waals surface area contributed by atoms with Crippen molar-refractivity contribution >= 4 is 28.6 Å². The summed E-state index contributed by atoms with van der Waals surface area (Å²) in [5.74, 6) is 0.563. The average molecular weight is 390 g/mol. The number of halogens is 1. The maximum atomic E-state index is 14.1. The van der Waals surface area contributed by atoms with Crippen LogP contribution in [-0.2, 0) is 6.54 Å². The molecule has 0 spiro atoms. The molecule has 0 atom stereocenters. The van der Waals surface area contributed by atoms with Crippen LogP contribution in [-0.4, -0.2) is 19.5 Å². The van der Waals surface area contributed by atoms with E-state index >= 15 is 0 Å². The highest BCUT2D eigenvalue weighted by Crippen LogP contribution is 2.26. The summed E-state index contributed by atoms with van der Waals surface area (Å²) in [7, 11) is 0. The standard InChI is InChI=1S/C22H23FN6/c1-14(2)29-13-25-19-20(24-12-16-10-8-15(3)9-11-16)27-22(28-21(19)29)26-18-7-5-4-6-17(18)23/h4-11,13-14H,12H2,1-3H3,(H2,24,26,27,28). The largest absolute Gasteiger partial charge is 0.364 e. The molecule has 148 valence electrons. The normalized spacial score (nSPS) is 11.2. The van der Waals surface area contributed by atoms with Crippen LogP contribution >= 0.6 is 0 Å². The fraction of sp³-hybridized carbons (Fsp3) is 0.227. The number of hydrogen-bond acceptors (Lipinski definition) is 5. The molecule has 0 unspecified atom stereocenters. The van der Waals surface area contributed by atoms with Gasteiger partial charge in [0.2, 0.25) is 5.95 Å². The summed E-state index contributed by atoms with van der Waals surface area (Å²) < 4.78 is 16.1. The molecule has 0 radical (unpaired) electrons. The zero-order valence-electron chi connectivity index (χ0n) is 16.6. The Morgan fingerprint density at radius 2 is 1.79 bits per heavy atom. The van der Waals surface area contributed by atoms with E-state index in [1.807, 2.05) is 4.57 Å². The van der Waals surface area contributed by atoms with Gasteiger partial charge in [0.05, 0.1) is 12.0 Å². The van der Waals surface area contributed by atoms with Crippen molar-refractivity contribution in [2.45, 2.75) is 33.4 Å². The molecule has 0 fully saturated rings. The van der Waals surface area contributed by atoms with Gasteiger partial charge < -0.3 is 15.2 Å². The number of anilines is 3. The fourth-order valence-electron chi connectivity index (χ4n) is 3.05. The number of aryl methyl sites for hydroxylation is 1. The third-order valence-electron chi connectivity index (χ3n) is 4.68. The van der Waals surface area contributed by atoms with Crippen molar-refractivity contribution in [3.8, 4) is 0 Å². The van der Waals surface area contributed by atoms with E-state index < -0.39 is 0 Å². The van der Waals surface area contributed by atoms with Gasteiger partial charge in [-0.05, 0) is 38.5 Å². The number of para-hydroxylation sites is 1. The second-order valence-electron chi connectivity index (χ2n) is 7.26. The summed E-state index contributed by atoms with van der Waals surface area (Å²) in [4.78, 5) is 13.7. The van der Waals surface area contributed by atoms with Gasteiger partial charge in [-0.1, -0.05) is 42.0 Å². The van der Waals surface area contributed by atoms with Crippen molar-refractivity contribution in [3.63, 3.8) is 0 Å². The second-order valence-corrected chi connectivity index (χ2v) is 7.26. The van der Waals surface area contributed by atoms with E-state index in [-0.39, 0.29) is 11.9 Å². The third kappa shape index (κ3) is 4.03. The van der Waals surface area contributed by atoms with Crippen LogP contribution in [0.25, 0.3) is 11.2 Å². The highest BCUT2D eigenvalue weighted by Gasteiger charge is 2.15. The predicted octanol–water partition coefficient (Wildman–Crippen LogP) is 5.21. The van der Waals surface area contributed by atoms with Crippen molar-refractivity contribution < 1.29 is 4.39 Å². The van der Waals surface area contributed by atoms with Gasteiger partial charge in [0.1, 0.15) is 5.82 Å². The Kier molecular flexibility index (Phi) is 5.12. The van der Waals surface area contributed by atoms with Gasteiger partial charge in [-0.2, -0.15) is 9.97 Å². The summed E-state index contributed by atoms with van der Waals surface area (Å²) in [6.45, 7) is 6.78. The minimum absolute atomic E-state index is 0.182. The van der Waals surface area contributed by atoms with Crippen molar-refractivity contribution in [3.05, 3.63) is 71.8 Å². The van der Waals surface area contributed by atoms with E-state index in [0.717, 1.165) is 5.56 Å². The number of hydrogen-bond donors (Lipinski definition) is 2. The van der Waals surface area contributed by atoms with Gasteiger partial charge in [0.25, 0.3) is 0 Å². The van der Waals surface area contributed by atoms with E-state index in [9.17, 15) is 4.39 Å². The SMILES string of the molecule is Cc1ccc(CNc2nc(Nc3ccccc3F)nc3c2ncn3C(C)C)cc1. The molecule has 0 aliphatic carbocycles. The van der Waals surface area contributed by atoms with Crippen LogP contribution in [0.5, 0.6) is 0 Å². The number of nitrogens with one attached hydrogen (secondary N) is 2. The Labute approximate surface area is 168 Å². The fourth-order valence-corrected chi connectivity index (χ4v) is 3.05. The average Bonchev–Trinajstić information content (AvgIpc) is 3.13. The molecule has 2 aromatic heterocycles. The maximum Gasteiger partial charge on any atom is 0.231 e. The smallest absolute Gasteiger partial charge is 0.231 e. The Hall–Kier alpha value is -3.48. The number of imidazole rings is 1. The number of nitrogens with zero attached hydrogens (tertiary/aromatic N) is 4. The topological polar surface area (TPSA) is 67.7 Å². The van der Waals surface area contributed by atoms with E-state index in [0.29, 0.717) is 35.2 Å². The van der Waals surface area contributed by atoms with E-state index in [2.05, 4.69) is 70.6 Å². The quantitative estimate of drug-likeness (QED) is 0.473. The molecule has 0 aliphatic rings. The van der Waals surface area contributed by atoms with E-state index in [4.69, 9.17) is 0 Å². The first-order chi connectivity index (χ1) is 14.0. The molecule has 0 bridgehead atoms. The first kappa shape index (κ1) is 18.9. The van der Waals surface area contributed by atoms with Crippen LogP contribution in [0.3, 0.4) is 0 Å². The van der Waals surface area contributed by atoms with Crippen molar-refractivity contribution in [1.82, 2.24) is 19.5 Å². The Balaban J connectivity index is 1.71. The highest BCUT2D eigenvalue weighted by atomic mass is 19.1. The minimum atomic E-state index is -0.359.